The minimum atomic E-state index is -0.232. The average Bonchev–Trinajstić information content (AvgIpc) is 3.19. The molecule has 2 amide bonds. The number of aromatic nitrogens is 1. The van der Waals surface area contributed by atoms with Crippen LogP contribution in [0.1, 0.15) is 50.5 Å². The summed E-state index contributed by atoms with van der Waals surface area (Å²) in [7, 11) is 0. The van der Waals surface area contributed by atoms with E-state index >= 15 is 0 Å². The van der Waals surface area contributed by atoms with Gasteiger partial charge in [-0.25, -0.2) is 4.98 Å². The molecule has 1 atom stereocenters. The minimum absolute atomic E-state index is 0.0489. The summed E-state index contributed by atoms with van der Waals surface area (Å²) in [5, 5.41) is 2.97. The van der Waals surface area contributed by atoms with Crippen molar-refractivity contribution in [2.45, 2.75) is 63.6 Å². The van der Waals surface area contributed by atoms with Gasteiger partial charge in [0.1, 0.15) is 6.10 Å². The van der Waals surface area contributed by atoms with E-state index in [1.807, 2.05) is 17.0 Å². The van der Waals surface area contributed by atoms with Crippen molar-refractivity contribution in [2.24, 2.45) is 5.92 Å². The Bertz CT molecular complexity index is 653. The third-order valence-electron chi connectivity index (χ3n) is 5.40. The van der Waals surface area contributed by atoms with Gasteiger partial charge in [0.2, 0.25) is 17.7 Å². The lowest BCUT2D eigenvalue weighted by Gasteiger charge is -2.17. The van der Waals surface area contributed by atoms with Crippen molar-refractivity contribution in [1.29, 1.82) is 0 Å². The Kier molecular flexibility index (Phi) is 4.59. The monoisotopic (exact) mass is 343 g/mol. The van der Waals surface area contributed by atoms with Gasteiger partial charge < -0.3 is 15.0 Å². The fourth-order valence-electron chi connectivity index (χ4n) is 3.80. The summed E-state index contributed by atoms with van der Waals surface area (Å²) in [6, 6.07) is 4.18. The molecular formula is C19H25N3O3. The normalized spacial score (nSPS) is 23.9. The highest BCUT2D eigenvalue weighted by molar-refractivity contribution is 5.89. The van der Waals surface area contributed by atoms with E-state index in [-0.39, 0.29) is 23.8 Å². The van der Waals surface area contributed by atoms with Crippen molar-refractivity contribution < 1.29 is 14.3 Å². The number of nitrogens with one attached hydrogen (secondary N) is 1. The Morgan fingerprint density at radius 1 is 1.28 bits per heavy atom. The SMILES string of the molecule is O=C(NCc1cccnc1OC1CCCC1)[C@H]1CC(=O)N(C2CC2)C1. The zero-order valence-corrected chi connectivity index (χ0v) is 14.4. The van der Waals surface area contributed by atoms with Crippen LogP contribution in [-0.4, -0.2) is 40.4 Å². The van der Waals surface area contributed by atoms with Crippen LogP contribution in [0.5, 0.6) is 5.88 Å². The van der Waals surface area contributed by atoms with Crippen LogP contribution in [0.4, 0.5) is 0 Å². The second-order valence-electron chi connectivity index (χ2n) is 7.39. The van der Waals surface area contributed by atoms with E-state index in [0.29, 0.717) is 31.4 Å². The zero-order valence-electron chi connectivity index (χ0n) is 14.4. The zero-order chi connectivity index (χ0) is 17.2. The number of pyridine rings is 1. The van der Waals surface area contributed by atoms with E-state index in [1.165, 1.54) is 12.8 Å². The van der Waals surface area contributed by atoms with Crippen LogP contribution in [-0.2, 0) is 16.1 Å². The largest absolute Gasteiger partial charge is 0.474 e. The average molecular weight is 343 g/mol. The van der Waals surface area contributed by atoms with Crippen LogP contribution in [0.25, 0.3) is 0 Å². The van der Waals surface area contributed by atoms with E-state index in [0.717, 1.165) is 31.2 Å². The Labute approximate surface area is 147 Å². The van der Waals surface area contributed by atoms with E-state index in [9.17, 15) is 9.59 Å². The molecule has 0 radical (unpaired) electrons. The maximum Gasteiger partial charge on any atom is 0.225 e. The molecule has 1 aromatic rings. The summed E-state index contributed by atoms with van der Waals surface area (Å²) < 4.78 is 6.01. The first-order valence-electron chi connectivity index (χ1n) is 9.38. The second kappa shape index (κ2) is 7.02. The predicted octanol–water partition coefficient (Wildman–Crippen LogP) is 2.03. The van der Waals surface area contributed by atoms with E-state index in [1.54, 1.807) is 6.20 Å². The van der Waals surface area contributed by atoms with Gasteiger partial charge in [0.15, 0.2) is 0 Å². The summed E-state index contributed by atoms with van der Waals surface area (Å²) >= 11 is 0. The molecule has 1 saturated heterocycles. The van der Waals surface area contributed by atoms with Crippen molar-refractivity contribution in [2.75, 3.05) is 6.54 Å². The van der Waals surface area contributed by atoms with Crippen LogP contribution < -0.4 is 10.1 Å². The number of hydrogen-bond donors (Lipinski definition) is 1. The predicted molar refractivity (Wildman–Crippen MR) is 91.8 cm³/mol. The number of ether oxygens (including phenoxy) is 1. The van der Waals surface area contributed by atoms with Gasteiger partial charge in [-0.3, -0.25) is 9.59 Å². The molecular weight excluding hydrogens is 318 g/mol. The Morgan fingerprint density at radius 2 is 2.08 bits per heavy atom. The first kappa shape index (κ1) is 16.4. The van der Waals surface area contributed by atoms with E-state index < -0.39 is 0 Å². The number of amides is 2. The fraction of sp³-hybridized carbons (Fsp3) is 0.632. The van der Waals surface area contributed by atoms with Crippen molar-refractivity contribution in [1.82, 2.24) is 15.2 Å². The van der Waals surface area contributed by atoms with Crippen LogP contribution in [0.2, 0.25) is 0 Å². The Hall–Kier alpha value is -2.11. The van der Waals surface area contributed by atoms with Crippen molar-refractivity contribution in [3.63, 3.8) is 0 Å². The summed E-state index contributed by atoms with van der Waals surface area (Å²) in [5.41, 5.74) is 0.895. The van der Waals surface area contributed by atoms with Gasteiger partial charge >= 0.3 is 0 Å². The van der Waals surface area contributed by atoms with Gasteiger partial charge in [0, 0.05) is 37.3 Å². The molecule has 1 aliphatic heterocycles. The van der Waals surface area contributed by atoms with Gasteiger partial charge in [-0.15, -0.1) is 0 Å². The molecule has 134 valence electrons. The van der Waals surface area contributed by atoms with Gasteiger partial charge in [-0.05, 0) is 44.6 Å². The molecule has 25 heavy (non-hydrogen) atoms. The molecule has 0 spiro atoms. The summed E-state index contributed by atoms with van der Waals surface area (Å²) in [6.07, 6.45) is 9.01. The van der Waals surface area contributed by atoms with Crippen LogP contribution in [0.15, 0.2) is 18.3 Å². The number of carbonyl (C=O) groups is 2. The van der Waals surface area contributed by atoms with Crippen LogP contribution in [0.3, 0.4) is 0 Å². The second-order valence-corrected chi connectivity index (χ2v) is 7.39. The third kappa shape index (κ3) is 3.78. The van der Waals surface area contributed by atoms with Gasteiger partial charge in [-0.2, -0.15) is 0 Å². The molecule has 3 aliphatic rings. The highest BCUT2D eigenvalue weighted by Gasteiger charge is 2.41. The smallest absolute Gasteiger partial charge is 0.225 e. The maximum atomic E-state index is 12.5. The lowest BCUT2D eigenvalue weighted by molar-refractivity contribution is -0.129. The quantitative estimate of drug-likeness (QED) is 0.858. The number of rotatable bonds is 6. The number of likely N-dealkylation sites (tertiary alicyclic amines) is 1. The molecule has 6 heteroatoms. The molecule has 0 unspecified atom stereocenters. The standard InChI is InChI=1S/C19H25N3O3/c23-17-10-14(12-22(17)15-7-8-15)18(24)21-11-13-4-3-9-20-19(13)25-16-5-1-2-6-16/h3-4,9,14-16H,1-2,5-8,10-12H2,(H,21,24)/t14-/m0/s1. The molecule has 2 saturated carbocycles. The van der Waals surface area contributed by atoms with Crippen LogP contribution in [0, 0.1) is 5.92 Å². The molecule has 0 aromatic carbocycles. The molecule has 1 aromatic heterocycles. The molecule has 0 bridgehead atoms. The molecule has 2 heterocycles. The Morgan fingerprint density at radius 3 is 2.84 bits per heavy atom. The molecule has 2 aliphatic carbocycles. The van der Waals surface area contributed by atoms with E-state index in [4.69, 9.17) is 4.74 Å². The molecule has 1 N–H and O–H groups in total. The van der Waals surface area contributed by atoms with Crippen molar-refractivity contribution >= 4 is 11.8 Å². The van der Waals surface area contributed by atoms with Gasteiger partial charge in [-0.1, -0.05) is 6.07 Å². The highest BCUT2D eigenvalue weighted by Crippen LogP contribution is 2.32. The Balaban J connectivity index is 1.33. The van der Waals surface area contributed by atoms with E-state index in [2.05, 4.69) is 10.3 Å². The van der Waals surface area contributed by atoms with Crippen molar-refractivity contribution in [3.05, 3.63) is 23.9 Å². The number of carbonyl (C=O) groups excluding carboxylic acids is 2. The lowest BCUT2D eigenvalue weighted by Crippen LogP contribution is -2.33. The molecule has 4 rings (SSSR count). The highest BCUT2D eigenvalue weighted by atomic mass is 16.5. The molecule has 6 nitrogen and oxygen atoms in total. The van der Waals surface area contributed by atoms with Crippen molar-refractivity contribution in [3.8, 4) is 5.88 Å². The van der Waals surface area contributed by atoms with Crippen LogP contribution >= 0.6 is 0 Å². The lowest BCUT2D eigenvalue weighted by atomic mass is 10.1. The maximum absolute atomic E-state index is 12.5. The van der Waals surface area contributed by atoms with Gasteiger partial charge in [0.05, 0.1) is 5.92 Å². The van der Waals surface area contributed by atoms with Gasteiger partial charge in [0.25, 0.3) is 0 Å². The number of hydrogen-bond acceptors (Lipinski definition) is 4. The topological polar surface area (TPSA) is 71.5 Å². The first-order valence-corrected chi connectivity index (χ1v) is 9.38. The minimum Gasteiger partial charge on any atom is -0.474 e. The summed E-state index contributed by atoms with van der Waals surface area (Å²) in [6.45, 7) is 0.955. The summed E-state index contributed by atoms with van der Waals surface area (Å²) in [5.74, 6) is 0.460. The third-order valence-corrected chi connectivity index (χ3v) is 5.40. The number of nitrogens with zero attached hydrogens (tertiary/aromatic N) is 2. The fourth-order valence-corrected chi connectivity index (χ4v) is 3.80. The summed E-state index contributed by atoms with van der Waals surface area (Å²) in [4.78, 5) is 30.7. The molecule has 3 fully saturated rings. The first-order chi connectivity index (χ1) is 12.2.